The lowest BCUT2D eigenvalue weighted by atomic mass is 9.97. The first-order valence-corrected chi connectivity index (χ1v) is 7.26. The van der Waals surface area contributed by atoms with Crippen molar-refractivity contribution < 1.29 is 9.18 Å². The van der Waals surface area contributed by atoms with Crippen molar-refractivity contribution in [1.29, 1.82) is 0 Å². The maximum atomic E-state index is 13.7. The molecule has 2 aromatic rings. The van der Waals surface area contributed by atoms with Gasteiger partial charge >= 0.3 is 0 Å². The van der Waals surface area contributed by atoms with Crippen LogP contribution in [0.15, 0.2) is 42.5 Å². The average Bonchev–Trinajstić information content (AvgIpc) is 2.49. The number of carbonyl (C=O) groups is 1. The first-order valence-electron chi connectivity index (χ1n) is 6.88. The normalized spacial score (nSPS) is 12.0. The van der Waals surface area contributed by atoms with Gasteiger partial charge in [-0.2, -0.15) is 0 Å². The van der Waals surface area contributed by atoms with E-state index in [9.17, 15) is 9.18 Å². The highest BCUT2D eigenvalue weighted by atomic mass is 35.5. The number of amides is 1. The first-order chi connectivity index (χ1) is 10.0. The van der Waals surface area contributed by atoms with E-state index in [2.05, 4.69) is 19.2 Å². The molecular formula is C17H17ClFNO. The third-order valence-corrected chi connectivity index (χ3v) is 3.76. The van der Waals surface area contributed by atoms with Crippen molar-refractivity contribution in [2.24, 2.45) is 0 Å². The molecule has 0 aliphatic heterocycles. The van der Waals surface area contributed by atoms with Crippen LogP contribution in [0.1, 0.15) is 42.1 Å². The molecule has 21 heavy (non-hydrogen) atoms. The number of rotatable bonds is 4. The van der Waals surface area contributed by atoms with E-state index in [0.717, 1.165) is 12.0 Å². The Labute approximate surface area is 128 Å². The monoisotopic (exact) mass is 305 g/mol. The van der Waals surface area contributed by atoms with Crippen LogP contribution in [0, 0.1) is 5.82 Å². The number of nitrogens with one attached hydrogen (secondary N) is 1. The van der Waals surface area contributed by atoms with Crippen molar-refractivity contribution in [2.75, 3.05) is 5.32 Å². The zero-order valence-corrected chi connectivity index (χ0v) is 12.7. The number of hydrogen-bond acceptors (Lipinski definition) is 1. The second-order valence-corrected chi connectivity index (χ2v) is 5.41. The van der Waals surface area contributed by atoms with E-state index in [4.69, 9.17) is 11.6 Å². The third kappa shape index (κ3) is 3.61. The van der Waals surface area contributed by atoms with E-state index >= 15 is 0 Å². The predicted octanol–water partition coefficient (Wildman–Crippen LogP) is 5.24. The molecule has 1 N–H and O–H groups in total. The molecule has 0 aliphatic carbocycles. The van der Waals surface area contributed by atoms with Gasteiger partial charge in [-0.3, -0.25) is 4.79 Å². The van der Waals surface area contributed by atoms with E-state index in [-0.39, 0.29) is 5.56 Å². The zero-order valence-electron chi connectivity index (χ0n) is 12.0. The van der Waals surface area contributed by atoms with Crippen molar-refractivity contribution in [3.8, 4) is 0 Å². The SMILES string of the molecule is CCC(C)c1ccccc1NC(=O)c1cc(Cl)ccc1F. The fraction of sp³-hybridized carbons (Fsp3) is 0.235. The minimum absolute atomic E-state index is 0.0542. The molecule has 0 aliphatic rings. The maximum absolute atomic E-state index is 13.7. The Morgan fingerprint density at radius 3 is 2.71 bits per heavy atom. The van der Waals surface area contributed by atoms with Gasteiger partial charge in [0, 0.05) is 10.7 Å². The molecule has 1 unspecified atom stereocenters. The molecule has 1 amide bonds. The summed E-state index contributed by atoms with van der Waals surface area (Å²) in [5, 5.41) is 3.10. The zero-order chi connectivity index (χ0) is 15.4. The second kappa shape index (κ2) is 6.72. The summed E-state index contributed by atoms with van der Waals surface area (Å²) in [7, 11) is 0. The van der Waals surface area contributed by atoms with Crippen molar-refractivity contribution in [2.45, 2.75) is 26.2 Å². The largest absolute Gasteiger partial charge is 0.322 e. The number of halogens is 2. The third-order valence-electron chi connectivity index (χ3n) is 3.53. The van der Waals surface area contributed by atoms with Gasteiger partial charge in [0.15, 0.2) is 0 Å². The average molecular weight is 306 g/mol. The van der Waals surface area contributed by atoms with E-state index in [1.165, 1.54) is 18.2 Å². The molecule has 0 saturated heterocycles. The van der Waals surface area contributed by atoms with Gasteiger partial charge in [0.1, 0.15) is 5.82 Å². The highest BCUT2D eigenvalue weighted by Crippen LogP contribution is 2.27. The van der Waals surface area contributed by atoms with E-state index in [1.54, 1.807) is 0 Å². The summed E-state index contributed by atoms with van der Waals surface area (Å²) in [5.41, 5.74) is 1.69. The first kappa shape index (κ1) is 15.5. The minimum Gasteiger partial charge on any atom is -0.322 e. The second-order valence-electron chi connectivity index (χ2n) is 4.97. The van der Waals surface area contributed by atoms with E-state index in [1.807, 2.05) is 24.3 Å². The van der Waals surface area contributed by atoms with Crippen LogP contribution in [-0.2, 0) is 0 Å². The highest BCUT2D eigenvalue weighted by molar-refractivity contribution is 6.31. The summed E-state index contributed by atoms with van der Waals surface area (Å²) in [6.07, 6.45) is 0.957. The Balaban J connectivity index is 2.30. The molecular weight excluding hydrogens is 289 g/mol. The Hall–Kier alpha value is -1.87. The summed E-state index contributed by atoms with van der Waals surface area (Å²) in [6.45, 7) is 4.17. The number of hydrogen-bond donors (Lipinski definition) is 1. The number of anilines is 1. The fourth-order valence-corrected chi connectivity index (χ4v) is 2.29. The van der Waals surface area contributed by atoms with Crippen LogP contribution in [0.5, 0.6) is 0 Å². The molecule has 1 atom stereocenters. The molecule has 0 bridgehead atoms. The molecule has 0 saturated carbocycles. The van der Waals surface area contributed by atoms with Gasteiger partial charge in [0.2, 0.25) is 0 Å². The quantitative estimate of drug-likeness (QED) is 0.821. The van der Waals surface area contributed by atoms with Crippen LogP contribution >= 0.6 is 11.6 Å². The molecule has 0 aromatic heterocycles. The van der Waals surface area contributed by atoms with Crippen LogP contribution in [0.25, 0.3) is 0 Å². The van der Waals surface area contributed by atoms with Gasteiger partial charge in [0.05, 0.1) is 5.56 Å². The van der Waals surface area contributed by atoms with E-state index in [0.29, 0.717) is 16.6 Å². The van der Waals surface area contributed by atoms with Crippen molar-refractivity contribution in [3.63, 3.8) is 0 Å². The van der Waals surface area contributed by atoms with Crippen LogP contribution < -0.4 is 5.32 Å². The lowest BCUT2D eigenvalue weighted by Crippen LogP contribution is -2.15. The van der Waals surface area contributed by atoms with Crippen LogP contribution in [0.3, 0.4) is 0 Å². The standard InChI is InChI=1S/C17H17ClFNO/c1-3-11(2)13-6-4-5-7-16(13)20-17(21)14-10-12(18)8-9-15(14)19/h4-11H,3H2,1-2H3,(H,20,21). The molecule has 4 heteroatoms. The van der Waals surface area contributed by atoms with Gasteiger partial charge in [-0.05, 0) is 42.2 Å². The van der Waals surface area contributed by atoms with Gasteiger partial charge in [0.25, 0.3) is 5.91 Å². The molecule has 0 radical (unpaired) electrons. The van der Waals surface area contributed by atoms with Gasteiger partial charge in [-0.25, -0.2) is 4.39 Å². The molecule has 0 heterocycles. The smallest absolute Gasteiger partial charge is 0.258 e. The van der Waals surface area contributed by atoms with Gasteiger partial charge in [-0.1, -0.05) is 43.6 Å². The van der Waals surface area contributed by atoms with Gasteiger partial charge < -0.3 is 5.32 Å². The Kier molecular flexibility index (Phi) is 4.97. The molecule has 0 spiro atoms. The number of carbonyl (C=O) groups excluding carboxylic acids is 1. The molecule has 110 valence electrons. The Bertz CT molecular complexity index is 657. The minimum atomic E-state index is -0.585. The molecule has 2 rings (SSSR count). The molecule has 2 nitrogen and oxygen atoms in total. The van der Waals surface area contributed by atoms with Crippen LogP contribution in [0.2, 0.25) is 5.02 Å². The summed E-state index contributed by atoms with van der Waals surface area (Å²) >= 11 is 5.82. The fourth-order valence-electron chi connectivity index (χ4n) is 2.12. The number of para-hydroxylation sites is 1. The summed E-state index contributed by atoms with van der Waals surface area (Å²) in [4.78, 5) is 12.2. The van der Waals surface area contributed by atoms with Crippen molar-refractivity contribution in [3.05, 3.63) is 64.4 Å². The Morgan fingerprint density at radius 1 is 1.29 bits per heavy atom. The van der Waals surface area contributed by atoms with Crippen LogP contribution in [0.4, 0.5) is 10.1 Å². The topological polar surface area (TPSA) is 29.1 Å². The summed E-state index contributed by atoms with van der Waals surface area (Å²) in [5.74, 6) is -0.769. The van der Waals surface area contributed by atoms with Crippen molar-refractivity contribution in [1.82, 2.24) is 0 Å². The number of benzene rings is 2. The summed E-state index contributed by atoms with van der Waals surface area (Å²) < 4.78 is 13.7. The lowest BCUT2D eigenvalue weighted by molar-refractivity contribution is 0.102. The van der Waals surface area contributed by atoms with E-state index < -0.39 is 11.7 Å². The van der Waals surface area contributed by atoms with Crippen molar-refractivity contribution >= 4 is 23.2 Å². The maximum Gasteiger partial charge on any atom is 0.258 e. The highest BCUT2D eigenvalue weighted by Gasteiger charge is 2.15. The van der Waals surface area contributed by atoms with Crippen LogP contribution in [-0.4, -0.2) is 5.91 Å². The Morgan fingerprint density at radius 2 is 2.00 bits per heavy atom. The summed E-state index contributed by atoms with van der Waals surface area (Å²) in [6, 6.07) is 11.5. The lowest BCUT2D eigenvalue weighted by Gasteiger charge is -2.15. The molecule has 2 aromatic carbocycles. The van der Waals surface area contributed by atoms with Gasteiger partial charge in [-0.15, -0.1) is 0 Å². The molecule has 0 fully saturated rings. The predicted molar refractivity (Wildman–Crippen MR) is 84.5 cm³/mol.